The van der Waals surface area contributed by atoms with Gasteiger partial charge in [-0.2, -0.15) is 0 Å². The number of hydrogen-bond acceptors (Lipinski definition) is 5. The van der Waals surface area contributed by atoms with Gasteiger partial charge in [0, 0.05) is 45.0 Å². The van der Waals surface area contributed by atoms with Gasteiger partial charge in [0.1, 0.15) is 6.61 Å². The Labute approximate surface area is 195 Å². The van der Waals surface area contributed by atoms with Gasteiger partial charge in [0.2, 0.25) is 6.79 Å². The smallest absolute Gasteiger partial charge is 0.231 e. The van der Waals surface area contributed by atoms with Crippen molar-refractivity contribution in [2.45, 2.75) is 20.1 Å². The minimum Gasteiger partial charge on any atom is -0.490 e. The third kappa shape index (κ3) is 5.24. The Kier molecular flexibility index (Phi) is 6.86. The molecule has 1 aliphatic heterocycles. The standard InChI is InChI=1S/C23H20Cl3NO4/c1-2-28-21-7-15(11-27-17-5-6-20-22(9-17)31-13-30-20)19(26)10-23(21)29-12-14-3-4-16(24)8-18(14)25/h3-10,27H,2,11-13H2,1H3. The molecule has 0 unspecified atom stereocenters. The summed E-state index contributed by atoms with van der Waals surface area (Å²) in [6.45, 7) is 3.42. The Balaban J connectivity index is 1.48. The van der Waals surface area contributed by atoms with E-state index in [4.69, 9.17) is 53.8 Å². The van der Waals surface area contributed by atoms with Gasteiger partial charge in [0.25, 0.3) is 0 Å². The topological polar surface area (TPSA) is 49.0 Å². The van der Waals surface area contributed by atoms with Crippen LogP contribution in [-0.4, -0.2) is 13.4 Å². The average molecular weight is 481 g/mol. The second-order valence-electron chi connectivity index (χ2n) is 6.77. The van der Waals surface area contributed by atoms with Crippen molar-refractivity contribution in [3.05, 3.63) is 74.7 Å². The molecule has 0 aliphatic carbocycles. The number of anilines is 1. The largest absolute Gasteiger partial charge is 0.490 e. The van der Waals surface area contributed by atoms with E-state index in [0.717, 1.165) is 28.3 Å². The molecule has 3 aromatic carbocycles. The number of benzene rings is 3. The number of fused-ring (bicyclic) bond motifs is 1. The highest BCUT2D eigenvalue weighted by molar-refractivity contribution is 6.35. The third-order valence-corrected chi connectivity index (χ3v) is 5.61. The summed E-state index contributed by atoms with van der Waals surface area (Å²) in [6, 6.07) is 14.6. The summed E-state index contributed by atoms with van der Waals surface area (Å²) < 4.78 is 22.5. The second kappa shape index (κ2) is 9.77. The molecule has 0 atom stereocenters. The van der Waals surface area contributed by atoms with Crippen LogP contribution in [0.5, 0.6) is 23.0 Å². The van der Waals surface area contributed by atoms with Crippen molar-refractivity contribution >= 4 is 40.5 Å². The minimum absolute atomic E-state index is 0.241. The first-order valence-corrected chi connectivity index (χ1v) is 10.8. The number of ether oxygens (including phenoxy) is 4. The van der Waals surface area contributed by atoms with Crippen LogP contribution in [0.1, 0.15) is 18.1 Å². The highest BCUT2D eigenvalue weighted by Gasteiger charge is 2.15. The van der Waals surface area contributed by atoms with Gasteiger partial charge < -0.3 is 24.3 Å². The van der Waals surface area contributed by atoms with Gasteiger partial charge in [-0.25, -0.2) is 0 Å². The van der Waals surface area contributed by atoms with Crippen molar-refractivity contribution < 1.29 is 18.9 Å². The molecule has 0 saturated heterocycles. The van der Waals surface area contributed by atoms with Crippen LogP contribution in [0.4, 0.5) is 5.69 Å². The molecular weight excluding hydrogens is 461 g/mol. The molecule has 4 rings (SSSR count). The van der Waals surface area contributed by atoms with E-state index >= 15 is 0 Å². The molecular formula is C23H20Cl3NO4. The maximum absolute atomic E-state index is 6.53. The lowest BCUT2D eigenvalue weighted by Gasteiger charge is -2.16. The number of nitrogens with one attached hydrogen (secondary N) is 1. The van der Waals surface area contributed by atoms with Gasteiger partial charge >= 0.3 is 0 Å². The van der Waals surface area contributed by atoms with Crippen molar-refractivity contribution in [1.29, 1.82) is 0 Å². The summed E-state index contributed by atoms with van der Waals surface area (Å²) in [5.41, 5.74) is 2.59. The number of hydrogen-bond donors (Lipinski definition) is 1. The molecule has 0 radical (unpaired) electrons. The van der Waals surface area contributed by atoms with Gasteiger partial charge in [0.05, 0.1) is 6.61 Å². The van der Waals surface area contributed by atoms with Crippen molar-refractivity contribution in [2.75, 3.05) is 18.7 Å². The quantitative estimate of drug-likeness (QED) is 0.377. The first-order chi connectivity index (χ1) is 15.0. The van der Waals surface area contributed by atoms with Crippen LogP contribution in [0.25, 0.3) is 0 Å². The molecule has 8 heteroatoms. The SMILES string of the molecule is CCOc1cc(CNc2ccc3c(c2)OCO3)c(Cl)cc1OCc1ccc(Cl)cc1Cl. The fourth-order valence-corrected chi connectivity index (χ4v) is 3.78. The van der Waals surface area contributed by atoms with E-state index in [9.17, 15) is 0 Å². The normalized spacial score (nSPS) is 12.0. The lowest BCUT2D eigenvalue weighted by atomic mass is 10.2. The Morgan fingerprint density at radius 1 is 0.839 bits per heavy atom. The fourth-order valence-electron chi connectivity index (χ4n) is 3.09. The molecule has 1 heterocycles. The fraction of sp³-hybridized carbons (Fsp3) is 0.217. The van der Waals surface area contributed by atoms with Gasteiger partial charge in [0.15, 0.2) is 23.0 Å². The first-order valence-electron chi connectivity index (χ1n) is 9.69. The summed E-state index contributed by atoms with van der Waals surface area (Å²) in [7, 11) is 0. The minimum atomic E-state index is 0.241. The second-order valence-corrected chi connectivity index (χ2v) is 8.02. The zero-order valence-electron chi connectivity index (χ0n) is 16.7. The third-order valence-electron chi connectivity index (χ3n) is 4.67. The van der Waals surface area contributed by atoms with Crippen molar-refractivity contribution in [1.82, 2.24) is 0 Å². The molecule has 162 valence electrons. The van der Waals surface area contributed by atoms with Gasteiger partial charge in [-0.05, 0) is 42.8 Å². The lowest BCUT2D eigenvalue weighted by Crippen LogP contribution is -2.04. The van der Waals surface area contributed by atoms with Gasteiger partial charge in [-0.3, -0.25) is 0 Å². The highest BCUT2D eigenvalue weighted by atomic mass is 35.5. The maximum Gasteiger partial charge on any atom is 0.231 e. The summed E-state index contributed by atoms with van der Waals surface area (Å²) in [4.78, 5) is 0. The number of halogens is 3. The number of rotatable bonds is 8. The van der Waals surface area contributed by atoms with Crippen LogP contribution in [-0.2, 0) is 13.2 Å². The summed E-state index contributed by atoms with van der Waals surface area (Å²) in [5.74, 6) is 2.62. The molecule has 3 aromatic rings. The highest BCUT2D eigenvalue weighted by Crippen LogP contribution is 2.37. The molecule has 0 fully saturated rings. The van der Waals surface area contributed by atoms with Crippen LogP contribution in [0.15, 0.2) is 48.5 Å². The lowest BCUT2D eigenvalue weighted by molar-refractivity contribution is 0.174. The molecule has 1 N–H and O–H groups in total. The van der Waals surface area contributed by atoms with Crippen LogP contribution in [0.2, 0.25) is 15.1 Å². The molecule has 0 saturated carbocycles. The first kappa shape index (κ1) is 21.8. The van der Waals surface area contributed by atoms with Crippen LogP contribution in [0, 0.1) is 0 Å². The van der Waals surface area contributed by atoms with E-state index in [2.05, 4.69) is 5.32 Å². The monoisotopic (exact) mass is 479 g/mol. The Bertz CT molecular complexity index is 1090. The molecule has 0 bridgehead atoms. The van der Waals surface area contributed by atoms with E-state index in [-0.39, 0.29) is 13.4 Å². The van der Waals surface area contributed by atoms with Crippen LogP contribution in [0.3, 0.4) is 0 Å². The average Bonchev–Trinajstić information content (AvgIpc) is 3.21. The molecule has 1 aliphatic rings. The Morgan fingerprint density at radius 3 is 2.42 bits per heavy atom. The predicted molar refractivity (Wildman–Crippen MR) is 123 cm³/mol. The zero-order chi connectivity index (χ0) is 21.8. The van der Waals surface area contributed by atoms with Crippen molar-refractivity contribution in [2.24, 2.45) is 0 Å². The summed E-state index contributed by atoms with van der Waals surface area (Å²) in [5, 5.41) is 5.03. The molecule has 31 heavy (non-hydrogen) atoms. The van der Waals surface area contributed by atoms with Gasteiger partial charge in [-0.15, -0.1) is 0 Å². The van der Waals surface area contributed by atoms with Gasteiger partial charge in [-0.1, -0.05) is 40.9 Å². The molecule has 0 spiro atoms. The molecule has 0 aromatic heterocycles. The summed E-state index contributed by atoms with van der Waals surface area (Å²) in [6.07, 6.45) is 0. The van der Waals surface area contributed by atoms with E-state index < -0.39 is 0 Å². The summed E-state index contributed by atoms with van der Waals surface area (Å²) >= 11 is 18.7. The maximum atomic E-state index is 6.53. The zero-order valence-corrected chi connectivity index (χ0v) is 19.0. The Hall–Kier alpha value is -2.47. The van der Waals surface area contributed by atoms with Crippen molar-refractivity contribution in [3.8, 4) is 23.0 Å². The van der Waals surface area contributed by atoms with Crippen LogP contribution < -0.4 is 24.3 Å². The molecule has 0 amide bonds. The van der Waals surface area contributed by atoms with E-state index in [1.807, 2.05) is 37.3 Å². The Morgan fingerprint density at radius 2 is 1.61 bits per heavy atom. The van der Waals surface area contributed by atoms with E-state index in [0.29, 0.717) is 39.7 Å². The predicted octanol–water partition coefficient (Wildman–Crippen LogP) is 6.97. The van der Waals surface area contributed by atoms with E-state index in [1.165, 1.54) is 0 Å². The van der Waals surface area contributed by atoms with Crippen LogP contribution >= 0.6 is 34.8 Å². The molecule has 5 nitrogen and oxygen atoms in total. The van der Waals surface area contributed by atoms with E-state index in [1.54, 1.807) is 18.2 Å². The van der Waals surface area contributed by atoms with Crippen molar-refractivity contribution in [3.63, 3.8) is 0 Å².